The Kier molecular flexibility index (Phi) is 7.96. The summed E-state index contributed by atoms with van der Waals surface area (Å²) in [6.07, 6.45) is 2.20. The van der Waals surface area contributed by atoms with E-state index in [1.165, 1.54) is 5.69 Å². The predicted molar refractivity (Wildman–Crippen MR) is 119 cm³/mol. The van der Waals surface area contributed by atoms with Crippen molar-refractivity contribution >= 4 is 17.5 Å². The first kappa shape index (κ1) is 22.4. The molecule has 166 valence electrons. The maximum Gasteiger partial charge on any atom is 0.236 e. The van der Waals surface area contributed by atoms with Gasteiger partial charge >= 0.3 is 0 Å². The number of nitrogens with one attached hydrogen (secondary N) is 1. The molecule has 7 nitrogen and oxygen atoms in total. The van der Waals surface area contributed by atoms with Crippen molar-refractivity contribution in [1.82, 2.24) is 15.1 Å². The van der Waals surface area contributed by atoms with Crippen LogP contribution in [0.25, 0.3) is 0 Å². The number of hydrogen-bond donors (Lipinski definition) is 1. The Morgan fingerprint density at radius 2 is 1.80 bits per heavy atom. The van der Waals surface area contributed by atoms with E-state index >= 15 is 0 Å². The van der Waals surface area contributed by atoms with E-state index in [1.807, 2.05) is 30.9 Å². The van der Waals surface area contributed by atoms with Gasteiger partial charge in [0.2, 0.25) is 11.8 Å². The number of amides is 2. The van der Waals surface area contributed by atoms with Crippen molar-refractivity contribution in [2.45, 2.75) is 26.7 Å². The molecule has 2 aliphatic heterocycles. The average Bonchev–Trinajstić information content (AvgIpc) is 2.77. The highest BCUT2D eigenvalue weighted by molar-refractivity contribution is 5.79. The molecule has 1 aromatic rings. The van der Waals surface area contributed by atoms with Crippen LogP contribution in [0, 0.1) is 11.8 Å². The molecule has 0 aliphatic carbocycles. The molecule has 1 N–H and O–H groups in total. The van der Waals surface area contributed by atoms with Crippen molar-refractivity contribution in [3.63, 3.8) is 0 Å². The zero-order chi connectivity index (χ0) is 21.5. The molecule has 1 aromatic carbocycles. The topological polar surface area (TPSA) is 65.1 Å². The average molecular weight is 417 g/mol. The Morgan fingerprint density at radius 3 is 2.43 bits per heavy atom. The molecule has 1 unspecified atom stereocenters. The summed E-state index contributed by atoms with van der Waals surface area (Å²) in [7, 11) is 1.67. The molecule has 0 aromatic heterocycles. The first-order valence-corrected chi connectivity index (χ1v) is 11.1. The third kappa shape index (κ3) is 6.11. The fraction of sp³-hybridized carbons (Fsp3) is 0.652. The van der Waals surface area contributed by atoms with Crippen molar-refractivity contribution in [1.29, 1.82) is 0 Å². The predicted octanol–water partition coefficient (Wildman–Crippen LogP) is 1.83. The lowest BCUT2D eigenvalue weighted by molar-refractivity contribution is -0.133. The van der Waals surface area contributed by atoms with Crippen LogP contribution >= 0.6 is 0 Å². The Labute approximate surface area is 180 Å². The molecule has 0 bridgehead atoms. The highest BCUT2D eigenvalue weighted by Crippen LogP contribution is 2.21. The molecule has 1 atom stereocenters. The summed E-state index contributed by atoms with van der Waals surface area (Å²) in [5.41, 5.74) is 1.17. The minimum atomic E-state index is 0.0165. The van der Waals surface area contributed by atoms with E-state index in [9.17, 15) is 9.59 Å². The number of anilines is 1. The molecule has 2 saturated heterocycles. The van der Waals surface area contributed by atoms with E-state index in [0.29, 0.717) is 19.0 Å². The summed E-state index contributed by atoms with van der Waals surface area (Å²) in [4.78, 5) is 31.2. The van der Waals surface area contributed by atoms with Crippen molar-refractivity contribution < 1.29 is 14.3 Å². The van der Waals surface area contributed by atoms with Gasteiger partial charge in [-0.15, -0.1) is 0 Å². The van der Waals surface area contributed by atoms with Gasteiger partial charge in [0.05, 0.1) is 13.7 Å². The first-order chi connectivity index (χ1) is 14.5. The van der Waals surface area contributed by atoms with E-state index in [-0.39, 0.29) is 17.7 Å². The van der Waals surface area contributed by atoms with Gasteiger partial charge in [-0.05, 0) is 49.6 Å². The largest absolute Gasteiger partial charge is 0.497 e. The van der Waals surface area contributed by atoms with Crippen molar-refractivity contribution in [3.8, 4) is 5.75 Å². The number of methoxy groups -OCH3 is 1. The van der Waals surface area contributed by atoms with Gasteiger partial charge in [-0.1, -0.05) is 13.8 Å². The van der Waals surface area contributed by atoms with Gasteiger partial charge in [-0.2, -0.15) is 0 Å². The first-order valence-electron chi connectivity index (χ1n) is 11.1. The number of carbonyl (C=O) groups excluding carboxylic acids is 2. The van der Waals surface area contributed by atoms with Crippen molar-refractivity contribution in [3.05, 3.63) is 24.3 Å². The van der Waals surface area contributed by atoms with Crippen LogP contribution in [0.2, 0.25) is 0 Å². The van der Waals surface area contributed by atoms with Crippen LogP contribution < -0.4 is 15.0 Å². The maximum atomic E-state index is 12.8. The fourth-order valence-electron chi connectivity index (χ4n) is 4.21. The van der Waals surface area contributed by atoms with Crippen LogP contribution in [-0.4, -0.2) is 81.1 Å². The van der Waals surface area contributed by atoms with Crippen LogP contribution in [0.1, 0.15) is 26.7 Å². The minimum Gasteiger partial charge on any atom is -0.497 e. The summed E-state index contributed by atoms with van der Waals surface area (Å²) in [5.74, 6) is 1.63. The summed E-state index contributed by atoms with van der Waals surface area (Å²) in [6.45, 7) is 10.1. The lowest BCUT2D eigenvalue weighted by Gasteiger charge is -2.38. The van der Waals surface area contributed by atoms with Crippen molar-refractivity contribution in [2.75, 3.05) is 64.4 Å². The van der Waals surface area contributed by atoms with E-state index in [2.05, 4.69) is 27.2 Å². The Balaban J connectivity index is 1.42. The molecule has 0 saturated carbocycles. The van der Waals surface area contributed by atoms with Gasteiger partial charge in [-0.3, -0.25) is 14.5 Å². The molecule has 2 heterocycles. The van der Waals surface area contributed by atoms with Crippen LogP contribution in [-0.2, 0) is 9.59 Å². The Hall–Kier alpha value is -2.28. The molecule has 0 spiro atoms. The van der Waals surface area contributed by atoms with E-state index in [4.69, 9.17) is 4.74 Å². The minimum absolute atomic E-state index is 0.0165. The third-order valence-electron chi connectivity index (χ3n) is 6.12. The lowest BCUT2D eigenvalue weighted by Crippen LogP contribution is -2.52. The van der Waals surface area contributed by atoms with E-state index < -0.39 is 0 Å². The number of carbonyl (C=O) groups is 2. The van der Waals surface area contributed by atoms with Gasteiger partial charge in [-0.25, -0.2) is 0 Å². The molecule has 0 radical (unpaired) electrons. The quantitative estimate of drug-likeness (QED) is 0.735. The summed E-state index contributed by atoms with van der Waals surface area (Å²) in [5, 5.41) is 3.04. The second kappa shape index (κ2) is 10.7. The normalized spacial score (nSPS) is 20.3. The summed E-state index contributed by atoms with van der Waals surface area (Å²) in [6, 6.07) is 8.09. The number of rotatable bonds is 7. The smallest absolute Gasteiger partial charge is 0.236 e. The SMILES string of the molecule is COc1ccc(N2CCN(C(=O)CN3CCCC(CNC(=O)C(C)C)C3)CC2)cc1. The third-order valence-corrected chi connectivity index (χ3v) is 6.12. The van der Waals surface area contributed by atoms with Crippen molar-refractivity contribution in [2.24, 2.45) is 11.8 Å². The van der Waals surface area contributed by atoms with Gasteiger partial charge in [0, 0.05) is 50.9 Å². The molecule has 2 amide bonds. The standard InChI is InChI=1S/C23H36N4O3/c1-18(2)23(29)24-15-19-5-4-10-25(16-19)17-22(28)27-13-11-26(12-14-27)20-6-8-21(30-3)9-7-20/h6-9,18-19H,4-5,10-17H2,1-3H3,(H,24,29). The Bertz CT molecular complexity index is 699. The van der Waals surface area contributed by atoms with Crippen LogP contribution in [0.5, 0.6) is 5.75 Å². The molecule has 30 heavy (non-hydrogen) atoms. The number of piperazine rings is 1. The zero-order valence-electron chi connectivity index (χ0n) is 18.6. The number of benzene rings is 1. The highest BCUT2D eigenvalue weighted by Gasteiger charge is 2.26. The van der Waals surface area contributed by atoms with Gasteiger partial charge in [0.25, 0.3) is 0 Å². The molecule has 2 fully saturated rings. The van der Waals surface area contributed by atoms with E-state index in [0.717, 1.165) is 57.9 Å². The van der Waals surface area contributed by atoms with Gasteiger partial charge < -0.3 is 19.9 Å². The number of nitrogens with zero attached hydrogens (tertiary/aromatic N) is 3. The lowest BCUT2D eigenvalue weighted by atomic mass is 9.97. The molecule has 7 heteroatoms. The van der Waals surface area contributed by atoms with Gasteiger partial charge in [0.15, 0.2) is 0 Å². The number of hydrogen-bond acceptors (Lipinski definition) is 5. The maximum absolute atomic E-state index is 12.8. The molecular weight excluding hydrogens is 380 g/mol. The number of likely N-dealkylation sites (tertiary alicyclic amines) is 1. The summed E-state index contributed by atoms with van der Waals surface area (Å²) >= 11 is 0. The second-order valence-electron chi connectivity index (χ2n) is 8.71. The highest BCUT2D eigenvalue weighted by atomic mass is 16.5. The van der Waals surface area contributed by atoms with Gasteiger partial charge in [0.1, 0.15) is 5.75 Å². The van der Waals surface area contributed by atoms with Crippen LogP contribution in [0.4, 0.5) is 5.69 Å². The van der Waals surface area contributed by atoms with Crippen LogP contribution in [0.15, 0.2) is 24.3 Å². The van der Waals surface area contributed by atoms with Crippen LogP contribution in [0.3, 0.4) is 0 Å². The second-order valence-corrected chi connectivity index (χ2v) is 8.71. The summed E-state index contributed by atoms with van der Waals surface area (Å²) < 4.78 is 5.23. The monoisotopic (exact) mass is 416 g/mol. The number of piperidine rings is 1. The fourth-order valence-corrected chi connectivity index (χ4v) is 4.21. The zero-order valence-corrected chi connectivity index (χ0v) is 18.6. The number of ether oxygens (including phenoxy) is 1. The molecule has 3 rings (SSSR count). The van der Waals surface area contributed by atoms with E-state index in [1.54, 1.807) is 7.11 Å². The molecular formula is C23H36N4O3. The Morgan fingerprint density at radius 1 is 1.10 bits per heavy atom. The molecule has 2 aliphatic rings.